The average molecular weight is 451 g/mol. The second kappa shape index (κ2) is 8.68. The van der Waals surface area contributed by atoms with Gasteiger partial charge in [0.1, 0.15) is 0 Å². The number of hydrogen-bond acceptors (Lipinski definition) is 4. The molecule has 0 aromatic carbocycles. The molecule has 0 spiro atoms. The first-order valence-corrected chi connectivity index (χ1v) is 17.3. The summed E-state index contributed by atoms with van der Waals surface area (Å²) in [4.78, 5) is 4.19. The van der Waals surface area contributed by atoms with Crippen LogP contribution in [0.2, 0.25) is 36.3 Å². The van der Waals surface area contributed by atoms with Gasteiger partial charge < -0.3 is 14.6 Å². The summed E-state index contributed by atoms with van der Waals surface area (Å²) in [5, 5.41) is 0.348. The van der Waals surface area contributed by atoms with E-state index in [-0.39, 0.29) is 22.3 Å². The van der Waals surface area contributed by atoms with Crippen molar-refractivity contribution < 1.29 is 8.85 Å². The number of hydrogen-bond donors (Lipinski definition) is 1. The molecule has 0 aliphatic heterocycles. The van der Waals surface area contributed by atoms with Gasteiger partial charge in [0.05, 0.1) is 24.1 Å². The zero-order valence-corrected chi connectivity index (χ0v) is 23.3. The summed E-state index contributed by atoms with van der Waals surface area (Å²) in [6, 6.07) is 2.09. The molecule has 0 bridgehead atoms. The lowest BCUT2D eigenvalue weighted by Gasteiger charge is -2.50. The molecule has 1 saturated carbocycles. The number of rotatable bonds is 5. The quantitative estimate of drug-likeness (QED) is 0.493. The van der Waals surface area contributed by atoms with E-state index in [1.54, 1.807) is 6.20 Å². The van der Waals surface area contributed by atoms with Crippen LogP contribution in [-0.4, -0.2) is 33.8 Å². The molecular formula is C24H46N2O2Si2. The first-order valence-electron chi connectivity index (χ1n) is 11.5. The van der Waals surface area contributed by atoms with Crippen LogP contribution in [0.5, 0.6) is 0 Å². The van der Waals surface area contributed by atoms with E-state index in [1.165, 1.54) is 5.56 Å². The Bertz CT molecular complexity index is 723. The SMILES string of the molecule is C[C@@H]1C[C@@H](c2ccncc2N)C[C@H](O[Si](C)(C)C(C)(C)C)[C@H]1O[Si](C)(C)C(C)(C)C. The van der Waals surface area contributed by atoms with E-state index in [0.717, 1.165) is 18.5 Å². The molecule has 30 heavy (non-hydrogen) atoms. The Kier molecular flexibility index (Phi) is 7.40. The summed E-state index contributed by atoms with van der Waals surface area (Å²) in [6.07, 6.45) is 5.91. The molecule has 4 atom stereocenters. The molecule has 1 heterocycles. The van der Waals surface area contributed by atoms with Gasteiger partial charge in [0.2, 0.25) is 0 Å². The van der Waals surface area contributed by atoms with Crippen LogP contribution in [0.25, 0.3) is 0 Å². The lowest BCUT2D eigenvalue weighted by Crippen LogP contribution is -2.55. The monoisotopic (exact) mass is 450 g/mol. The second-order valence-electron chi connectivity index (χ2n) is 12.4. The molecule has 0 unspecified atom stereocenters. The Balaban J connectivity index is 2.39. The highest BCUT2D eigenvalue weighted by Gasteiger charge is 2.48. The number of pyridine rings is 1. The molecule has 0 radical (unpaired) electrons. The van der Waals surface area contributed by atoms with E-state index in [4.69, 9.17) is 14.6 Å². The molecule has 0 amide bonds. The van der Waals surface area contributed by atoms with Crippen LogP contribution in [-0.2, 0) is 8.85 Å². The van der Waals surface area contributed by atoms with Gasteiger partial charge >= 0.3 is 0 Å². The van der Waals surface area contributed by atoms with Gasteiger partial charge in [-0.05, 0) is 72.6 Å². The topological polar surface area (TPSA) is 57.4 Å². The van der Waals surface area contributed by atoms with Crippen LogP contribution in [0.3, 0.4) is 0 Å². The largest absolute Gasteiger partial charge is 0.411 e. The van der Waals surface area contributed by atoms with Gasteiger partial charge in [-0.3, -0.25) is 4.98 Å². The Hall–Kier alpha value is -0.696. The van der Waals surface area contributed by atoms with Crippen molar-refractivity contribution in [1.29, 1.82) is 0 Å². The first kappa shape index (κ1) is 25.6. The molecule has 2 N–H and O–H groups in total. The van der Waals surface area contributed by atoms with Crippen molar-refractivity contribution in [2.45, 2.75) is 116 Å². The first-order chi connectivity index (χ1) is 13.5. The van der Waals surface area contributed by atoms with Crippen LogP contribution < -0.4 is 5.73 Å². The molecule has 172 valence electrons. The third-order valence-electron chi connectivity index (χ3n) is 7.92. The number of aromatic nitrogens is 1. The third kappa shape index (κ3) is 5.56. The van der Waals surface area contributed by atoms with Crippen molar-refractivity contribution in [2.75, 3.05) is 5.73 Å². The normalized spacial score (nSPS) is 26.6. The fraction of sp³-hybridized carbons (Fsp3) is 0.792. The summed E-state index contributed by atoms with van der Waals surface area (Å²) < 4.78 is 14.1. The molecule has 1 aromatic heterocycles. The van der Waals surface area contributed by atoms with Gasteiger partial charge in [-0.2, -0.15) is 0 Å². The van der Waals surface area contributed by atoms with Crippen molar-refractivity contribution in [3.63, 3.8) is 0 Å². The molecule has 1 aliphatic carbocycles. The molecule has 2 rings (SSSR count). The van der Waals surface area contributed by atoms with E-state index >= 15 is 0 Å². The molecule has 1 fully saturated rings. The van der Waals surface area contributed by atoms with Crippen LogP contribution in [0, 0.1) is 5.92 Å². The average Bonchev–Trinajstić information content (AvgIpc) is 2.55. The number of nitrogens with two attached hydrogens (primary N) is 1. The number of nitrogen functional groups attached to an aromatic ring is 1. The fourth-order valence-corrected chi connectivity index (χ4v) is 6.64. The predicted octanol–water partition coefficient (Wildman–Crippen LogP) is 6.96. The van der Waals surface area contributed by atoms with Gasteiger partial charge in [-0.15, -0.1) is 0 Å². The lowest BCUT2D eigenvalue weighted by molar-refractivity contribution is -0.0304. The van der Waals surface area contributed by atoms with Gasteiger partial charge in [-0.1, -0.05) is 48.5 Å². The highest BCUT2D eigenvalue weighted by Crippen LogP contribution is 2.47. The van der Waals surface area contributed by atoms with Crippen LogP contribution in [0.4, 0.5) is 5.69 Å². The maximum atomic E-state index is 7.06. The smallest absolute Gasteiger partial charge is 0.192 e. The van der Waals surface area contributed by atoms with Crippen molar-refractivity contribution >= 4 is 22.3 Å². The fourth-order valence-electron chi connectivity index (χ4n) is 3.88. The predicted molar refractivity (Wildman–Crippen MR) is 134 cm³/mol. The maximum absolute atomic E-state index is 7.06. The Morgan fingerprint density at radius 3 is 1.97 bits per heavy atom. The Morgan fingerprint density at radius 2 is 1.47 bits per heavy atom. The van der Waals surface area contributed by atoms with E-state index < -0.39 is 16.6 Å². The third-order valence-corrected chi connectivity index (χ3v) is 16.9. The van der Waals surface area contributed by atoms with Crippen molar-refractivity contribution in [3.05, 3.63) is 24.0 Å². The Morgan fingerprint density at radius 1 is 0.933 bits per heavy atom. The number of anilines is 1. The van der Waals surface area contributed by atoms with Crippen LogP contribution >= 0.6 is 0 Å². The maximum Gasteiger partial charge on any atom is 0.192 e. The number of nitrogens with zero attached hydrogens (tertiary/aromatic N) is 1. The molecule has 6 heteroatoms. The van der Waals surface area contributed by atoms with Gasteiger partial charge in [0.15, 0.2) is 16.6 Å². The zero-order valence-electron chi connectivity index (χ0n) is 21.3. The zero-order chi connectivity index (χ0) is 23.1. The summed E-state index contributed by atoms with van der Waals surface area (Å²) in [5.74, 6) is 0.803. The van der Waals surface area contributed by atoms with Crippen molar-refractivity contribution in [2.24, 2.45) is 5.92 Å². The van der Waals surface area contributed by atoms with Gasteiger partial charge in [0, 0.05) is 6.20 Å². The molecule has 4 nitrogen and oxygen atoms in total. The minimum absolute atomic E-state index is 0.0985. The highest BCUT2D eigenvalue weighted by molar-refractivity contribution is 6.74. The molecule has 1 aromatic rings. The van der Waals surface area contributed by atoms with E-state index in [0.29, 0.717) is 11.8 Å². The van der Waals surface area contributed by atoms with Gasteiger partial charge in [0.25, 0.3) is 0 Å². The minimum atomic E-state index is -1.94. The molecule has 0 saturated heterocycles. The Labute approximate surface area is 187 Å². The van der Waals surface area contributed by atoms with Crippen molar-refractivity contribution in [3.8, 4) is 0 Å². The van der Waals surface area contributed by atoms with Crippen LogP contribution in [0.1, 0.15) is 72.8 Å². The molecular weight excluding hydrogens is 404 g/mol. The highest BCUT2D eigenvalue weighted by atomic mass is 28.4. The van der Waals surface area contributed by atoms with E-state index in [9.17, 15) is 0 Å². The van der Waals surface area contributed by atoms with Crippen LogP contribution in [0.15, 0.2) is 18.5 Å². The second-order valence-corrected chi connectivity index (χ2v) is 21.9. The summed E-state index contributed by atoms with van der Waals surface area (Å²) in [6.45, 7) is 25.6. The van der Waals surface area contributed by atoms with Gasteiger partial charge in [-0.25, -0.2) is 0 Å². The minimum Gasteiger partial charge on any atom is -0.411 e. The molecule has 1 aliphatic rings. The summed E-state index contributed by atoms with van der Waals surface area (Å²) in [7, 11) is -3.85. The summed E-state index contributed by atoms with van der Waals surface area (Å²) in [5.41, 5.74) is 8.32. The van der Waals surface area contributed by atoms with Crippen molar-refractivity contribution in [1.82, 2.24) is 4.98 Å². The summed E-state index contributed by atoms with van der Waals surface area (Å²) >= 11 is 0. The lowest BCUT2D eigenvalue weighted by atomic mass is 9.75. The van der Waals surface area contributed by atoms with E-state index in [2.05, 4.69) is 85.7 Å². The standard InChI is InChI=1S/C24H46N2O2Si2/c1-17-14-18(19-12-13-26-16-20(19)25)15-21(27-29(8,9)23(2,3)4)22(17)28-30(10,11)24(5,6)7/h12-13,16-18,21-22H,14-15,25H2,1-11H3/t17-,18-,21+,22+/m1/s1. The van der Waals surface area contributed by atoms with E-state index in [1.807, 2.05) is 6.20 Å².